The van der Waals surface area contributed by atoms with Crippen LogP contribution in [0.25, 0.3) is 0 Å². The standard InChI is InChI=1S/C14H22N2/c1-10(2)12-4-6-13(7-5-12)14-11(3)15-8-9-16-14/h4-7,10-11,14-16H,8-9H2,1-3H3. The molecule has 0 amide bonds. The van der Waals surface area contributed by atoms with Crippen LogP contribution < -0.4 is 10.6 Å². The molecule has 2 heteroatoms. The molecule has 0 spiro atoms. The Morgan fingerprint density at radius 2 is 1.69 bits per heavy atom. The lowest BCUT2D eigenvalue weighted by Crippen LogP contribution is -2.48. The van der Waals surface area contributed by atoms with Gasteiger partial charge in [-0.15, -0.1) is 0 Å². The predicted octanol–water partition coefficient (Wildman–Crippen LogP) is 2.43. The van der Waals surface area contributed by atoms with Crippen molar-refractivity contribution in [3.63, 3.8) is 0 Å². The van der Waals surface area contributed by atoms with Gasteiger partial charge in [0.2, 0.25) is 0 Å². The van der Waals surface area contributed by atoms with Crippen molar-refractivity contribution in [2.45, 2.75) is 38.8 Å². The molecule has 0 radical (unpaired) electrons. The molecule has 1 aromatic rings. The second kappa shape index (κ2) is 4.98. The lowest BCUT2D eigenvalue weighted by Gasteiger charge is -2.31. The van der Waals surface area contributed by atoms with Crippen LogP contribution >= 0.6 is 0 Å². The molecule has 2 atom stereocenters. The summed E-state index contributed by atoms with van der Waals surface area (Å²) in [6.07, 6.45) is 0. The minimum Gasteiger partial charge on any atom is -0.311 e. The maximum Gasteiger partial charge on any atom is 0.0473 e. The molecule has 1 heterocycles. The number of hydrogen-bond acceptors (Lipinski definition) is 2. The molecule has 2 rings (SSSR count). The summed E-state index contributed by atoms with van der Waals surface area (Å²) >= 11 is 0. The van der Waals surface area contributed by atoms with Gasteiger partial charge in [0.1, 0.15) is 0 Å². The van der Waals surface area contributed by atoms with Gasteiger partial charge in [-0.25, -0.2) is 0 Å². The summed E-state index contributed by atoms with van der Waals surface area (Å²) in [5.41, 5.74) is 2.81. The lowest BCUT2D eigenvalue weighted by atomic mass is 9.95. The quantitative estimate of drug-likeness (QED) is 0.796. The van der Waals surface area contributed by atoms with Crippen molar-refractivity contribution in [2.75, 3.05) is 13.1 Å². The zero-order chi connectivity index (χ0) is 11.5. The van der Waals surface area contributed by atoms with E-state index >= 15 is 0 Å². The second-order valence-corrected chi connectivity index (χ2v) is 5.00. The highest BCUT2D eigenvalue weighted by atomic mass is 15.1. The normalized spacial score (nSPS) is 26.0. The molecule has 2 unspecified atom stereocenters. The van der Waals surface area contributed by atoms with E-state index in [-0.39, 0.29) is 0 Å². The van der Waals surface area contributed by atoms with E-state index in [2.05, 4.69) is 55.7 Å². The van der Waals surface area contributed by atoms with Crippen LogP contribution in [0.1, 0.15) is 43.9 Å². The first-order chi connectivity index (χ1) is 7.68. The summed E-state index contributed by atoms with van der Waals surface area (Å²) < 4.78 is 0. The molecule has 0 bridgehead atoms. The van der Waals surface area contributed by atoms with Crippen LogP contribution in [0.2, 0.25) is 0 Å². The zero-order valence-electron chi connectivity index (χ0n) is 10.5. The maximum absolute atomic E-state index is 3.57. The Kier molecular flexibility index (Phi) is 3.62. The number of rotatable bonds is 2. The molecule has 2 N–H and O–H groups in total. The molecule has 16 heavy (non-hydrogen) atoms. The lowest BCUT2D eigenvalue weighted by molar-refractivity contribution is 0.345. The number of benzene rings is 1. The molecule has 0 saturated carbocycles. The van der Waals surface area contributed by atoms with Crippen LogP contribution in [0.5, 0.6) is 0 Å². The van der Waals surface area contributed by atoms with E-state index in [4.69, 9.17) is 0 Å². The van der Waals surface area contributed by atoms with E-state index in [1.807, 2.05) is 0 Å². The predicted molar refractivity (Wildman–Crippen MR) is 68.7 cm³/mol. The van der Waals surface area contributed by atoms with E-state index in [1.165, 1.54) is 11.1 Å². The Hall–Kier alpha value is -0.860. The number of piperazine rings is 1. The van der Waals surface area contributed by atoms with Crippen molar-refractivity contribution in [1.82, 2.24) is 10.6 Å². The van der Waals surface area contributed by atoms with Crippen molar-refractivity contribution in [1.29, 1.82) is 0 Å². The van der Waals surface area contributed by atoms with Crippen molar-refractivity contribution in [3.05, 3.63) is 35.4 Å². The maximum atomic E-state index is 3.57. The third-order valence-corrected chi connectivity index (χ3v) is 3.42. The average Bonchev–Trinajstić information content (AvgIpc) is 2.30. The largest absolute Gasteiger partial charge is 0.311 e. The van der Waals surface area contributed by atoms with E-state index < -0.39 is 0 Å². The smallest absolute Gasteiger partial charge is 0.0473 e. The summed E-state index contributed by atoms with van der Waals surface area (Å²) in [6, 6.07) is 9.99. The molecule has 0 aromatic heterocycles. The minimum absolute atomic E-state index is 0.454. The molecule has 0 aliphatic carbocycles. The summed E-state index contributed by atoms with van der Waals surface area (Å²) in [4.78, 5) is 0. The van der Waals surface area contributed by atoms with Gasteiger partial charge in [-0.05, 0) is 24.0 Å². The Morgan fingerprint density at radius 3 is 2.25 bits per heavy atom. The highest BCUT2D eigenvalue weighted by Crippen LogP contribution is 2.21. The topological polar surface area (TPSA) is 24.1 Å². The monoisotopic (exact) mass is 218 g/mol. The van der Waals surface area contributed by atoms with E-state index in [0.717, 1.165) is 13.1 Å². The SMILES string of the molecule is CC(C)c1ccc(C2NCCNC2C)cc1. The molecule has 1 aliphatic rings. The first-order valence-electron chi connectivity index (χ1n) is 6.25. The number of nitrogens with one attached hydrogen (secondary N) is 2. The molecule has 1 fully saturated rings. The Balaban J connectivity index is 2.14. The van der Waals surface area contributed by atoms with Gasteiger partial charge in [0.05, 0.1) is 0 Å². The summed E-state index contributed by atoms with van der Waals surface area (Å²) in [7, 11) is 0. The summed E-state index contributed by atoms with van der Waals surface area (Å²) in [5.74, 6) is 0.615. The Morgan fingerprint density at radius 1 is 1.06 bits per heavy atom. The first-order valence-corrected chi connectivity index (χ1v) is 6.25. The minimum atomic E-state index is 0.454. The highest BCUT2D eigenvalue weighted by Gasteiger charge is 2.21. The van der Waals surface area contributed by atoms with Crippen molar-refractivity contribution in [3.8, 4) is 0 Å². The Bertz CT molecular complexity index is 329. The van der Waals surface area contributed by atoms with E-state index in [1.54, 1.807) is 0 Å². The third-order valence-electron chi connectivity index (χ3n) is 3.42. The van der Waals surface area contributed by atoms with Gasteiger partial charge in [-0.2, -0.15) is 0 Å². The summed E-state index contributed by atoms with van der Waals surface area (Å²) in [6.45, 7) is 8.84. The van der Waals surface area contributed by atoms with Crippen LogP contribution in [0.4, 0.5) is 0 Å². The van der Waals surface area contributed by atoms with Crippen LogP contribution in [-0.2, 0) is 0 Å². The van der Waals surface area contributed by atoms with Gasteiger partial charge in [-0.3, -0.25) is 0 Å². The Labute approximate surface area is 98.4 Å². The van der Waals surface area contributed by atoms with Gasteiger partial charge in [0.25, 0.3) is 0 Å². The van der Waals surface area contributed by atoms with Gasteiger partial charge in [-0.1, -0.05) is 38.1 Å². The van der Waals surface area contributed by atoms with Crippen molar-refractivity contribution < 1.29 is 0 Å². The highest BCUT2D eigenvalue weighted by molar-refractivity contribution is 5.28. The third kappa shape index (κ3) is 2.45. The average molecular weight is 218 g/mol. The molecular weight excluding hydrogens is 196 g/mol. The summed E-state index contributed by atoms with van der Waals surface area (Å²) in [5, 5.41) is 7.08. The molecule has 1 aliphatic heterocycles. The molecule has 1 saturated heterocycles. The zero-order valence-corrected chi connectivity index (χ0v) is 10.5. The fourth-order valence-electron chi connectivity index (χ4n) is 2.32. The number of hydrogen-bond donors (Lipinski definition) is 2. The van der Waals surface area contributed by atoms with Crippen LogP contribution in [-0.4, -0.2) is 19.1 Å². The molecule has 2 nitrogen and oxygen atoms in total. The fourth-order valence-corrected chi connectivity index (χ4v) is 2.32. The fraction of sp³-hybridized carbons (Fsp3) is 0.571. The van der Waals surface area contributed by atoms with Crippen molar-refractivity contribution in [2.24, 2.45) is 0 Å². The van der Waals surface area contributed by atoms with E-state index in [0.29, 0.717) is 18.0 Å². The van der Waals surface area contributed by atoms with Gasteiger partial charge < -0.3 is 10.6 Å². The second-order valence-electron chi connectivity index (χ2n) is 5.00. The molecular formula is C14H22N2. The first kappa shape index (κ1) is 11.6. The van der Waals surface area contributed by atoms with Crippen LogP contribution in [0.3, 0.4) is 0 Å². The van der Waals surface area contributed by atoms with Gasteiger partial charge in [0.15, 0.2) is 0 Å². The molecule has 1 aromatic carbocycles. The van der Waals surface area contributed by atoms with Crippen molar-refractivity contribution >= 4 is 0 Å². The van der Waals surface area contributed by atoms with Gasteiger partial charge >= 0.3 is 0 Å². The van der Waals surface area contributed by atoms with E-state index in [9.17, 15) is 0 Å². The van der Waals surface area contributed by atoms with Crippen LogP contribution in [0, 0.1) is 0 Å². The van der Waals surface area contributed by atoms with Crippen LogP contribution in [0.15, 0.2) is 24.3 Å². The molecule has 88 valence electrons. The van der Waals surface area contributed by atoms with Gasteiger partial charge in [0, 0.05) is 25.2 Å².